The van der Waals surface area contributed by atoms with E-state index in [1.807, 2.05) is 31.4 Å². The third-order valence-corrected chi connectivity index (χ3v) is 6.54. The predicted molar refractivity (Wildman–Crippen MR) is 98.2 cm³/mol. The molecule has 1 heterocycles. The van der Waals surface area contributed by atoms with Crippen LogP contribution in [0.4, 0.5) is 0 Å². The Kier molecular flexibility index (Phi) is 6.43. The van der Waals surface area contributed by atoms with Gasteiger partial charge in [0.05, 0.1) is 16.7 Å². The molecule has 4 nitrogen and oxygen atoms in total. The van der Waals surface area contributed by atoms with Crippen molar-refractivity contribution in [2.75, 3.05) is 5.75 Å². The van der Waals surface area contributed by atoms with E-state index in [-0.39, 0.29) is 34.9 Å². The molecule has 2 rings (SSSR count). The van der Waals surface area contributed by atoms with Gasteiger partial charge >= 0.3 is 0 Å². The second kappa shape index (κ2) is 8.14. The second-order valence-electron chi connectivity index (χ2n) is 5.83. The highest BCUT2D eigenvalue weighted by Gasteiger charge is 2.21. The van der Waals surface area contributed by atoms with E-state index in [4.69, 9.17) is 11.6 Å². The van der Waals surface area contributed by atoms with E-state index in [2.05, 4.69) is 5.32 Å². The van der Waals surface area contributed by atoms with Crippen LogP contribution in [0.25, 0.3) is 0 Å². The van der Waals surface area contributed by atoms with E-state index in [1.54, 1.807) is 11.3 Å². The first-order chi connectivity index (χ1) is 11.3. The van der Waals surface area contributed by atoms with Gasteiger partial charge in [0.15, 0.2) is 9.84 Å². The van der Waals surface area contributed by atoms with Gasteiger partial charge in [0.1, 0.15) is 0 Å². The fourth-order valence-corrected chi connectivity index (χ4v) is 4.58. The van der Waals surface area contributed by atoms with Crippen molar-refractivity contribution < 1.29 is 13.2 Å². The third kappa shape index (κ3) is 5.06. The molecule has 0 saturated heterocycles. The summed E-state index contributed by atoms with van der Waals surface area (Å²) in [5, 5.41) is 5.37. The van der Waals surface area contributed by atoms with Gasteiger partial charge in [-0.1, -0.05) is 31.5 Å². The van der Waals surface area contributed by atoms with Crippen LogP contribution < -0.4 is 5.32 Å². The van der Waals surface area contributed by atoms with Gasteiger partial charge in [-0.3, -0.25) is 4.79 Å². The molecule has 1 aromatic heterocycles. The zero-order valence-corrected chi connectivity index (χ0v) is 15.9. The van der Waals surface area contributed by atoms with Gasteiger partial charge in [0.25, 0.3) is 0 Å². The van der Waals surface area contributed by atoms with Crippen molar-refractivity contribution >= 4 is 38.7 Å². The minimum absolute atomic E-state index is 0.0699. The molecule has 0 aliphatic rings. The van der Waals surface area contributed by atoms with Crippen molar-refractivity contribution in [3.8, 4) is 0 Å². The molecule has 1 amide bonds. The van der Waals surface area contributed by atoms with Crippen molar-refractivity contribution in [3.05, 3.63) is 51.7 Å². The molecular formula is C17H20ClNO3S2. The average Bonchev–Trinajstić information content (AvgIpc) is 3.05. The molecule has 0 saturated carbocycles. The first-order valence-corrected chi connectivity index (χ1v) is 10.5. The average molecular weight is 386 g/mol. The number of hydrogen-bond acceptors (Lipinski definition) is 4. The number of sulfone groups is 1. The van der Waals surface area contributed by atoms with Gasteiger partial charge in [-0.25, -0.2) is 8.42 Å². The lowest BCUT2D eigenvalue weighted by atomic mass is 10.0. The van der Waals surface area contributed by atoms with Gasteiger partial charge in [-0.15, -0.1) is 11.3 Å². The van der Waals surface area contributed by atoms with Crippen LogP contribution in [0.3, 0.4) is 0 Å². The number of carbonyl (C=O) groups excluding carboxylic acids is 1. The van der Waals surface area contributed by atoms with E-state index < -0.39 is 9.84 Å². The molecule has 1 N–H and O–H groups in total. The normalized spacial score (nSPS) is 13.0. The highest BCUT2D eigenvalue weighted by Crippen LogP contribution is 2.26. The summed E-state index contributed by atoms with van der Waals surface area (Å²) >= 11 is 7.34. The van der Waals surface area contributed by atoms with Crippen LogP contribution in [0.1, 0.15) is 31.2 Å². The van der Waals surface area contributed by atoms with E-state index in [0.29, 0.717) is 5.02 Å². The number of benzene rings is 1. The summed E-state index contributed by atoms with van der Waals surface area (Å²) in [5.74, 6) is -0.268. The first kappa shape index (κ1) is 19.0. The van der Waals surface area contributed by atoms with E-state index in [0.717, 1.165) is 4.88 Å². The summed E-state index contributed by atoms with van der Waals surface area (Å²) < 4.78 is 24.6. The maximum atomic E-state index is 12.3. The van der Waals surface area contributed by atoms with Crippen LogP contribution >= 0.6 is 22.9 Å². The molecule has 2 aromatic rings. The van der Waals surface area contributed by atoms with Crippen molar-refractivity contribution in [3.63, 3.8) is 0 Å². The lowest BCUT2D eigenvalue weighted by Gasteiger charge is -2.21. The fourth-order valence-electron chi connectivity index (χ4n) is 2.27. The Balaban J connectivity index is 1.98. The molecule has 0 unspecified atom stereocenters. The Morgan fingerprint density at radius 3 is 2.42 bits per heavy atom. The monoisotopic (exact) mass is 385 g/mol. The summed E-state index contributed by atoms with van der Waals surface area (Å²) in [6.07, 6.45) is -0.0699. The van der Waals surface area contributed by atoms with E-state index in [1.165, 1.54) is 24.3 Å². The number of hydrogen-bond donors (Lipinski definition) is 1. The van der Waals surface area contributed by atoms with Gasteiger partial charge in [-0.2, -0.15) is 0 Å². The Hall–Kier alpha value is -1.37. The van der Waals surface area contributed by atoms with Crippen molar-refractivity contribution in [1.29, 1.82) is 0 Å². The SMILES string of the molecule is CC(C)[C@H](NC(=O)CCS(=O)(=O)c1ccc(Cl)cc1)c1cccs1. The molecule has 1 aromatic carbocycles. The Morgan fingerprint density at radius 2 is 1.88 bits per heavy atom. The largest absolute Gasteiger partial charge is 0.348 e. The van der Waals surface area contributed by atoms with Crippen LogP contribution in [0, 0.1) is 5.92 Å². The van der Waals surface area contributed by atoms with Gasteiger partial charge < -0.3 is 5.32 Å². The summed E-state index contributed by atoms with van der Waals surface area (Å²) in [6, 6.07) is 9.78. The van der Waals surface area contributed by atoms with E-state index in [9.17, 15) is 13.2 Å². The second-order valence-corrected chi connectivity index (χ2v) is 9.35. The van der Waals surface area contributed by atoms with Gasteiger partial charge in [0.2, 0.25) is 5.91 Å². The zero-order valence-electron chi connectivity index (χ0n) is 13.5. The molecule has 1 atom stereocenters. The Bertz CT molecular complexity index is 769. The lowest BCUT2D eigenvalue weighted by molar-refractivity contribution is -0.121. The van der Waals surface area contributed by atoms with Crippen molar-refractivity contribution in [2.24, 2.45) is 5.92 Å². The Morgan fingerprint density at radius 1 is 1.21 bits per heavy atom. The third-order valence-electron chi connectivity index (χ3n) is 3.60. The smallest absolute Gasteiger partial charge is 0.221 e. The number of nitrogens with one attached hydrogen (secondary N) is 1. The standard InChI is InChI=1S/C17H20ClNO3S2/c1-12(2)17(15-4-3-10-23-15)19-16(20)9-11-24(21,22)14-7-5-13(18)6-8-14/h3-8,10,12,17H,9,11H2,1-2H3,(H,19,20)/t17-/m0/s1. The first-order valence-electron chi connectivity index (χ1n) is 7.60. The number of carbonyl (C=O) groups is 1. The molecule has 0 spiro atoms. The predicted octanol–water partition coefficient (Wildman–Crippen LogP) is 4.08. The fraction of sp³-hybridized carbons (Fsp3) is 0.353. The quantitative estimate of drug-likeness (QED) is 0.781. The van der Waals surface area contributed by atoms with E-state index >= 15 is 0 Å². The van der Waals surface area contributed by atoms with Crippen molar-refractivity contribution in [1.82, 2.24) is 5.32 Å². The summed E-state index contributed by atoms with van der Waals surface area (Å²) in [5.41, 5.74) is 0. The molecule has 130 valence electrons. The molecular weight excluding hydrogens is 366 g/mol. The van der Waals surface area contributed by atoms with Crippen molar-refractivity contribution in [2.45, 2.75) is 31.2 Å². The minimum atomic E-state index is -3.50. The summed E-state index contributed by atoms with van der Waals surface area (Å²) in [6.45, 7) is 4.05. The van der Waals surface area contributed by atoms with Crippen LogP contribution in [-0.4, -0.2) is 20.1 Å². The zero-order chi connectivity index (χ0) is 17.7. The molecule has 24 heavy (non-hydrogen) atoms. The van der Waals surface area contributed by atoms with Crippen LogP contribution in [0.5, 0.6) is 0 Å². The molecule has 0 bridgehead atoms. The van der Waals surface area contributed by atoms with Crippen LogP contribution in [-0.2, 0) is 14.6 Å². The maximum Gasteiger partial charge on any atom is 0.221 e. The molecule has 0 aliphatic carbocycles. The highest BCUT2D eigenvalue weighted by atomic mass is 35.5. The van der Waals surface area contributed by atoms with Gasteiger partial charge in [0, 0.05) is 16.3 Å². The maximum absolute atomic E-state index is 12.3. The topological polar surface area (TPSA) is 63.2 Å². The number of halogens is 1. The summed E-state index contributed by atoms with van der Waals surface area (Å²) in [4.78, 5) is 13.4. The summed E-state index contributed by atoms with van der Waals surface area (Å²) in [7, 11) is -3.50. The van der Waals surface area contributed by atoms with Crippen LogP contribution in [0.2, 0.25) is 5.02 Å². The molecule has 0 aliphatic heterocycles. The highest BCUT2D eigenvalue weighted by molar-refractivity contribution is 7.91. The number of thiophene rings is 1. The van der Waals surface area contributed by atoms with Crippen LogP contribution in [0.15, 0.2) is 46.7 Å². The lowest BCUT2D eigenvalue weighted by Crippen LogP contribution is -2.32. The minimum Gasteiger partial charge on any atom is -0.348 e. The number of rotatable bonds is 7. The molecule has 0 fully saturated rings. The molecule has 7 heteroatoms. The number of amides is 1. The van der Waals surface area contributed by atoms with Gasteiger partial charge in [-0.05, 0) is 41.6 Å². The Labute approximate surface area is 151 Å². The molecule has 0 radical (unpaired) electrons.